The Balaban J connectivity index is 1.66. The highest BCUT2D eigenvalue weighted by atomic mass is 35.5. The first-order chi connectivity index (χ1) is 10.1. The molecule has 1 fully saturated rings. The van der Waals surface area contributed by atoms with Crippen LogP contribution in [0.3, 0.4) is 0 Å². The van der Waals surface area contributed by atoms with Crippen molar-refractivity contribution in [2.75, 3.05) is 31.1 Å². The maximum Gasteiger partial charge on any atom is 0.270 e. The molecule has 0 bridgehead atoms. The van der Waals surface area contributed by atoms with Crippen LogP contribution in [0.1, 0.15) is 10.5 Å². The van der Waals surface area contributed by atoms with E-state index in [0.717, 1.165) is 18.9 Å². The van der Waals surface area contributed by atoms with Gasteiger partial charge in [-0.2, -0.15) is 5.10 Å². The molecular weight excluding hydrogens is 290 g/mol. The number of carbonyl (C=O) groups excluding carboxylic acids is 1. The molecule has 3 heterocycles. The molecular formula is C14H16ClN5O. The number of halogens is 1. The topological polar surface area (TPSA) is 54.3 Å². The van der Waals surface area contributed by atoms with Gasteiger partial charge in [0.2, 0.25) is 0 Å². The van der Waals surface area contributed by atoms with Gasteiger partial charge >= 0.3 is 0 Å². The molecule has 0 unspecified atom stereocenters. The van der Waals surface area contributed by atoms with Crippen LogP contribution in [0.2, 0.25) is 5.02 Å². The molecule has 110 valence electrons. The molecule has 0 saturated carbocycles. The Hall–Kier alpha value is -2.08. The number of amides is 1. The molecule has 1 saturated heterocycles. The molecule has 0 aliphatic carbocycles. The minimum Gasteiger partial charge on any atom is -0.352 e. The lowest BCUT2D eigenvalue weighted by Gasteiger charge is -2.35. The second kappa shape index (κ2) is 5.73. The molecule has 0 spiro atoms. The average molecular weight is 306 g/mol. The third kappa shape index (κ3) is 2.85. The zero-order valence-electron chi connectivity index (χ0n) is 11.7. The number of hydrogen-bond donors (Lipinski definition) is 0. The lowest BCUT2D eigenvalue weighted by atomic mass is 10.2. The van der Waals surface area contributed by atoms with E-state index in [1.54, 1.807) is 23.0 Å². The number of hydrogen-bond acceptors (Lipinski definition) is 4. The van der Waals surface area contributed by atoms with Crippen LogP contribution in [0.15, 0.2) is 30.6 Å². The number of nitrogens with zero attached hydrogens (tertiary/aromatic N) is 5. The van der Waals surface area contributed by atoms with Crippen molar-refractivity contribution in [3.63, 3.8) is 0 Å². The highest BCUT2D eigenvalue weighted by Crippen LogP contribution is 2.17. The van der Waals surface area contributed by atoms with Gasteiger partial charge in [0.25, 0.3) is 5.91 Å². The van der Waals surface area contributed by atoms with E-state index in [9.17, 15) is 4.79 Å². The predicted octanol–water partition coefficient (Wildman–Crippen LogP) is 1.43. The zero-order chi connectivity index (χ0) is 14.8. The van der Waals surface area contributed by atoms with E-state index < -0.39 is 0 Å². The van der Waals surface area contributed by atoms with Gasteiger partial charge in [0, 0.05) is 45.6 Å². The van der Waals surface area contributed by atoms with E-state index >= 15 is 0 Å². The highest BCUT2D eigenvalue weighted by molar-refractivity contribution is 6.31. The van der Waals surface area contributed by atoms with Gasteiger partial charge in [-0.05, 0) is 18.2 Å². The first-order valence-corrected chi connectivity index (χ1v) is 7.17. The van der Waals surface area contributed by atoms with Crippen molar-refractivity contribution in [3.05, 3.63) is 41.3 Å². The number of aryl methyl sites for hydroxylation is 1. The fourth-order valence-corrected chi connectivity index (χ4v) is 2.75. The molecule has 2 aromatic heterocycles. The van der Waals surface area contributed by atoms with E-state index in [4.69, 9.17) is 11.6 Å². The standard InChI is InChI=1S/C14H16ClN5O/c1-18-10-11(15)9-12(18)14(21)20-7-5-19(6-8-20)13-3-2-4-16-17-13/h2-4,9-10H,5-8H2,1H3. The van der Waals surface area contributed by atoms with Crippen LogP contribution in [0.4, 0.5) is 5.82 Å². The Morgan fingerprint density at radius 3 is 2.62 bits per heavy atom. The fraction of sp³-hybridized carbons (Fsp3) is 0.357. The van der Waals surface area contributed by atoms with Crippen molar-refractivity contribution in [2.24, 2.45) is 7.05 Å². The smallest absolute Gasteiger partial charge is 0.270 e. The Bertz CT molecular complexity index is 634. The van der Waals surface area contributed by atoms with Crippen LogP contribution in [-0.2, 0) is 7.05 Å². The van der Waals surface area contributed by atoms with Crippen LogP contribution in [0, 0.1) is 0 Å². The SMILES string of the molecule is Cn1cc(Cl)cc1C(=O)N1CCN(c2cccnn2)CC1. The van der Waals surface area contributed by atoms with Crippen LogP contribution in [-0.4, -0.2) is 51.8 Å². The number of carbonyl (C=O) groups is 1. The van der Waals surface area contributed by atoms with Gasteiger partial charge in [0.15, 0.2) is 5.82 Å². The third-order valence-corrected chi connectivity index (χ3v) is 3.85. The molecule has 1 aliphatic heterocycles. The Labute approximate surface area is 127 Å². The summed E-state index contributed by atoms with van der Waals surface area (Å²) in [5.74, 6) is 0.870. The normalized spacial score (nSPS) is 15.3. The molecule has 7 heteroatoms. The molecule has 2 aromatic rings. The maximum atomic E-state index is 12.5. The van der Waals surface area contributed by atoms with Crippen molar-refractivity contribution in [3.8, 4) is 0 Å². The number of anilines is 1. The quantitative estimate of drug-likeness (QED) is 0.842. The Morgan fingerprint density at radius 1 is 1.29 bits per heavy atom. The van der Waals surface area contributed by atoms with Gasteiger partial charge in [-0.15, -0.1) is 5.10 Å². The summed E-state index contributed by atoms with van der Waals surface area (Å²) in [6, 6.07) is 5.51. The number of rotatable bonds is 2. The number of piperazine rings is 1. The third-order valence-electron chi connectivity index (χ3n) is 3.64. The van der Waals surface area contributed by atoms with Gasteiger partial charge in [0.05, 0.1) is 5.02 Å². The molecule has 0 N–H and O–H groups in total. The van der Waals surface area contributed by atoms with E-state index in [1.807, 2.05) is 24.1 Å². The summed E-state index contributed by atoms with van der Waals surface area (Å²) in [4.78, 5) is 16.5. The molecule has 21 heavy (non-hydrogen) atoms. The van der Waals surface area contributed by atoms with Gasteiger partial charge in [0.1, 0.15) is 5.69 Å². The average Bonchev–Trinajstić information content (AvgIpc) is 2.86. The van der Waals surface area contributed by atoms with Crippen molar-refractivity contribution in [2.45, 2.75) is 0 Å². The Morgan fingerprint density at radius 2 is 2.05 bits per heavy atom. The first-order valence-electron chi connectivity index (χ1n) is 6.79. The molecule has 3 rings (SSSR count). The monoisotopic (exact) mass is 305 g/mol. The van der Waals surface area contributed by atoms with E-state index in [0.29, 0.717) is 23.8 Å². The zero-order valence-corrected chi connectivity index (χ0v) is 12.5. The molecule has 1 aliphatic rings. The van der Waals surface area contributed by atoms with Crippen molar-refractivity contribution < 1.29 is 4.79 Å². The van der Waals surface area contributed by atoms with Crippen LogP contribution < -0.4 is 4.90 Å². The molecule has 0 aromatic carbocycles. The first kappa shape index (κ1) is 13.9. The highest BCUT2D eigenvalue weighted by Gasteiger charge is 2.24. The van der Waals surface area contributed by atoms with E-state index in [2.05, 4.69) is 15.1 Å². The van der Waals surface area contributed by atoms with Crippen LogP contribution in [0.5, 0.6) is 0 Å². The summed E-state index contributed by atoms with van der Waals surface area (Å²) in [5, 5.41) is 8.57. The lowest BCUT2D eigenvalue weighted by Crippen LogP contribution is -2.49. The maximum absolute atomic E-state index is 12.5. The largest absolute Gasteiger partial charge is 0.352 e. The second-order valence-electron chi connectivity index (χ2n) is 5.02. The minimum absolute atomic E-state index is 0.0168. The van der Waals surface area contributed by atoms with Gasteiger partial charge in [-0.25, -0.2) is 0 Å². The summed E-state index contributed by atoms with van der Waals surface area (Å²) in [5.41, 5.74) is 0.618. The fourth-order valence-electron chi connectivity index (χ4n) is 2.50. The van der Waals surface area contributed by atoms with Crippen molar-refractivity contribution in [1.29, 1.82) is 0 Å². The molecule has 0 atom stereocenters. The molecule has 1 amide bonds. The van der Waals surface area contributed by atoms with Crippen LogP contribution >= 0.6 is 11.6 Å². The second-order valence-corrected chi connectivity index (χ2v) is 5.45. The summed E-state index contributed by atoms with van der Waals surface area (Å²) < 4.78 is 1.76. The number of aromatic nitrogens is 3. The lowest BCUT2D eigenvalue weighted by molar-refractivity contribution is 0.0737. The van der Waals surface area contributed by atoms with Gasteiger partial charge in [-0.3, -0.25) is 4.79 Å². The summed E-state index contributed by atoms with van der Waals surface area (Å²) in [6.07, 6.45) is 3.40. The summed E-state index contributed by atoms with van der Waals surface area (Å²) in [6.45, 7) is 2.83. The van der Waals surface area contributed by atoms with Gasteiger partial charge in [-0.1, -0.05) is 11.6 Å². The van der Waals surface area contributed by atoms with Crippen molar-refractivity contribution in [1.82, 2.24) is 19.7 Å². The predicted molar refractivity (Wildman–Crippen MR) is 80.6 cm³/mol. The molecule has 0 radical (unpaired) electrons. The van der Waals surface area contributed by atoms with Gasteiger partial charge < -0.3 is 14.4 Å². The summed E-state index contributed by atoms with van der Waals surface area (Å²) in [7, 11) is 1.83. The van der Waals surface area contributed by atoms with Crippen LogP contribution in [0.25, 0.3) is 0 Å². The minimum atomic E-state index is 0.0168. The molecule has 6 nitrogen and oxygen atoms in total. The van der Waals surface area contributed by atoms with E-state index in [1.165, 1.54) is 0 Å². The van der Waals surface area contributed by atoms with Crippen molar-refractivity contribution >= 4 is 23.3 Å². The Kier molecular flexibility index (Phi) is 3.79. The summed E-state index contributed by atoms with van der Waals surface area (Å²) >= 11 is 5.94. The van der Waals surface area contributed by atoms with E-state index in [-0.39, 0.29) is 5.91 Å².